The molecule has 1 atom stereocenters. The molecule has 3 rings (SSSR count). The van der Waals surface area contributed by atoms with Crippen molar-refractivity contribution in [3.63, 3.8) is 0 Å². The van der Waals surface area contributed by atoms with Crippen LogP contribution in [0.15, 0.2) is 42.5 Å². The molecule has 0 aliphatic heterocycles. The molecule has 1 unspecified atom stereocenters. The largest absolute Gasteiger partial charge is 0.369 e. The summed E-state index contributed by atoms with van der Waals surface area (Å²) in [7, 11) is 0. The topological polar surface area (TPSA) is 43.1 Å². The minimum absolute atomic E-state index is 0.0649. The van der Waals surface area contributed by atoms with Gasteiger partial charge in [0.2, 0.25) is 5.91 Å². The number of benzene rings is 2. The Morgan fingerprint density at radius 1 is 1.15 bits per heavy atom. The van der Waals surface area contributed by atoms with E-state index in [1.54, 1.807) is 0 Å². The average molecular weight is 283 g/mol. The van der Waals surface area contributed by atoms with Crippen molar-refractivity contribution in [3.8, 4) is 0 Å². The maximum Gasteiger partial charge on any atom is 0.220 e. The molecular weight excluding hydrogens is 266 g/mol. The number of nitrogens with two attached hydrogens (primary N) is 1. The lowest BCUT2D eigenvalue weighted by Crippen LogP contribution is -2.20. The first-order valence-electron chi connectivity index (χ1n) is 6.84. The highest BCUT2D eigenvalue weighted by Gasteiger charge is 2.10. The summed E-state index contributed by atoms with van der Waals surface area (Å²) < 4.78 is 2.64. The number of carbonyl (C=O) groups excluding carboxylic acids is 1. The van der Waals surface area contributed by atoms with Crippen LogP contribution in [0.2, 0.25) is 0 Å². The van der Waals surface area contributed by atoms with Crippen LogP contribution in [0.3, 0.4) is 0 Å². The highest BCUT2D eigenvalue weighted by atomic mass is 32.1. The van der Waals surface area contributed by atoms with Gasteiger partial charge in [-0.1, -0.05) is 31.2 Å². The quantitative estimate of drug-likeness (QED) is 0.769. The van der Waals surface area contributed by atoms with E-state index in [9.17, 15) is 4.79 Å². The van der Waals surface area contributed by atoms with E-state index in [1.807, 2.05) is 18.3 Å². The maximum absolute atomic E-state index is 11.1. The Morgan fingerprint density at radius 2 is 1.90 bits per heavy atom. The SMILES string of the molecule is CC(CCc1ccc2sc3ccccc3c2c1)C(N)=O. The van der Waals surface area contributed by atoms with Gasteiger partial charge in [0, 0.05) is 26.1 Å². The molecule has 1 heterocycles. The van der Waals surface area contributed by atoms with Crippen LogP contribution in [0.5, 0.6) is 0 Å². The van der Waals surface area contributed by atoms with Crippen molar-refractivity contribution < 1.29 is 4.79 Å². The molecule has 0 bridgehead atoms. The van der Waals surface area contributed by atoms with E-state index in [1.165, 1.54) is 25.7 Å². The van der Waals surface area contributed by atoms with Gasteiger partial charge >= 0.3 is 0 Å². The third kappa shape index (κ3) is 2.41. The van der Waals surface area contributed by atoms with Crippen molar-refractivity contribution in [1.29, 1.82) is 0 Å². The zero-order chi connectivity index (χ0) is 14.1. The molecule has 0 saturated carbocycles. The van der Waals surface area contributed by atoms with Gasteiger partial charge in [0.25, 0.3) is 0 Å². The van der Waals surface area contributed by atoms with Crippen molar-refractivity contribution in [2.75, 3.05) is 0 Å². The highest BCUT2D eigenvalue weighted by Crippen LogP contribution is 2.34. The van der Waals surface area contributed by atoms with E-state index in [0.717, 1.165) is 12.8 Å². The van der Waals surface area contributed by atoms with Crippen LogP contribution in [0.1, 0.15) is 18.9 Å². The molecule has 0 saturated heterocycles. The molecular formula is C17H17NOS. The van der Waals surface area contributed by atoms with Crippen LogP contribution in [0.25, 0.3) is 20.2 Å². The summed E-state index contributed by atoms with van der Waals surface area (Å²) in [6, 6.07) is 15.1. The van der Waals surface area contributed by atoms with Gasteiger partial charge in [-0.25, -0.2) is 0 Å². The normalized spacial score (nSPS) is 12.8. The lowest BCUT2D eigenvalue weighted by molar-refractivity contribution is -0.121. The van der Waals surface area contributed by atoms with Gasteiger partial charge in [-0.05, 0) is 36.6 Å². The summed E-state index contributed by atoms with van der Waals surface area (Å²) in [5.41, 5.74) is 6.58. The molecule has 1 amide bonds. The summed E-state index contributed by atoms with van der Waals surface area (Å²) in [6.45, 7) is 1.89. The number of aryl methyl sites for hydroxylation is 1. The van der Waals surface area contributed by atoms with E-state index in [2.05, 4.69) is 42.5 Å². The second-order valence-electron chi connectivity index (χ2n) is 5.27. The predicted octanol–water partition coefficient (Wildman–Crippen LogP) is 4.11. The molecule has 3 heteroatoms. The fourth-order valence-electron chi connectivity index (χ4n) is 2.45. The Labute approximate surface area is 122 Å². The van der Waals surface area contributed by atoms with Crippen molar-refractivity contribution in [1.82, 2.24) is 0 Å². The number of amides is 1. The van der Waals surface area contributed by atoms with Gasteiger partial charge in [-0.3, -0.25) is 4.79 Å². The van der Waals surface area contributed by atoms with Crippen molar-refractivity contribution in [3.05, 3.63) is 48.0 Å². The molecule has 0 fully saturated rings. The molecule has 2 nitrogen and oxygen atoms in total. The minimum Gasteiger partial charge on any atom is -0.369 e. The van der Waals surface area contributed by atoms with E-state index >= 15 is 0 Å². The van der Waals surface area contributed by atoms with Crippen molar-refractivity contribution in [2.45, 2.75) is 19.8 Å². The number of hydrogen-bond acceptors (Lipinski definition) is 2. The molecule has 3 aromatic rings. The first kappa shape index (κ1) is 13.1. The Morgan fingerprint density at radius 3 is 2.70 bits per heavy atom. The smallest absolute Gasteiger partial charge is 0.220 e. The van der Waals surface area contributed by atoms with Crippen LogP contribution >= 0.6 is 11.3 Å². The van der Waals surface area contributed by atoms with E-state index in [0.29, 0.717) is 0 Å². The Bertz CT molecular complexity index is 775. The van der Waals surface area contributed by atoms with Crippen molar-refractivity contribution >= 4 is 37.4 Å². The lowest BCUT2D eigenvalue weighted by Gasteiger charge is -2.07. The van der Waals surface area contributed by atoms with Gasteiger partial charge < -0.3 is 5.73 Å². The van der Waals surface area contributed by atoms with Crippen LogP contribution in [-0.4, -0.2) is 5.91 Å². The van der Waals surface area contributed by atoms with Crippen molar-refractivity contribution in [2.24, 2.45) is 11.7 Å². The number of rotatable bonds is 4. The second kappa shape index (κ2) is 5.25. The molecule has 1 aromatic heterocycles. The first-order valence-corrected chi connectivity index (χ1v) is 7.66. The minimum atomic E-state index is -0.216. The molecule has 0 spiro atoms. The summed E-state index contributed by atoms with van der Waals surface area (Å²) in [5, 5.41) is 2.63. The zero-order valence-corrected chi connectivity index (χ0v) is 12.2. The van der Waals surface area contributed by atoms with Crippen LogP contribution in [0, 0.1) is 5.92 Å². The second-order valence-corrected chi connectivity index (χ2v) is 6.35. The van der Waals surface area contributed by atoms with Gasteiger partial charge in [-0.15, -0.1) is 11.3 Å². The summed E-state index contributed by atoms with van der Waals surface area (Å²) in [4.78, 5) is 11.1. The molecule has 20 heavy (non-hydrogen) atoms. The lowest BCUT2D eigenvalue weighted by atomic mass is 9.99. The Balaban J connectivity index is 1.93. The average Bonchev–Trinajstić information content (AvgIpc) is 2.82. The summed E-state index contributed by atoms with van der Waals surface area (Å²) in [6.07, 6.45) is 1.70. The van der Waals surface area contributed by atoms with E-state index in [-0.39, 0.29) is 11.8 Å². The highest BCUT2D eigenvalue weighted by molar-refractivity contribution is 7.25. The van der Waals surface area contributed by atoms with E-state index in [4.69, 9.17) is 5.73 Å². The number of thiophene rings is 1. The fourth-order valence-corrected chi connectivity index (χ4v) is 3.54. The molecule has 0 radical (unpaired) electrons. The van der Waals surface area contributed by atoms with Crippen LogP contribution in [0.4, 0.5) is 0 Å². The number of hydrogen-bond donors (Lipinski definition) is 1. The fraction of sp³-hybridized carbons (Fsp3) is 0.235. The van der Waals surface area contributed by atoms with Gasteiger partial charge in [0.15, 0.2) is 0 Å². The third-order valence-electron chi connectivity index (χ3n) is 3.79. The Kier molecular flexibility index (Phi) is 3.45. The van der Waals surface area contributed by atoms with Gasteiger partial charge in [-0.2, -0.15) is 0 Å². The molecule has 2 N–H and O–H groups in total. The summed E-state index contributed by atoms with van der Waals surface area (Å²) >= 11 is 1.83. The molecule has 102 valence electrons. The predicted molar refractivity (Wildman–Crippen MR) is 86.0 cm³/mol. The zero-order valence-electron chi connectivity index (χ0n) is 11.4. The van der Waals surface area contributed by atoms with Crippen LogP contribution in [-0.2, 0) is 11.2 Å². The monoisotopic (exact) mass is 283 g/mol. The molecule has 0 aliphatic rings. The maximum atomic E-state index is 11.1. The number of primary amides is 1. The molecule has 2 aromatic carbocycles. The Hall–Kier alpha value is -1.87. The third-order valence-corrected chi connectivity index (χ3v) is 4.94. The van der Waals surface area contributed by atoms with Gasteiger partial charge in [0.1, 0.15) is 0 Å². The van der Waals surface area contributed by atoms with Crippen LogP contribution < -0.4 is 5.73 Å². The number of carbonyl (C=O) groups is 1. The van der Waals surface area contributed by atoms with E-state index < -0.39 is 0 Å². The number of fused-ring (bicyclic) bond motifs is 3. The first-order chi connectivity index (χ1) is 9.65. The summed E-state index contributed by atoms with van der Waals surface area (Å²) in [5.74, 6) is -0.281. The molecule has 0 aliphatic carbocycles. The van der Waals surface area contributed by atoms with Gasteiger partial charge in [0.05, 0.1) is 0 Å². The standard InChI is InChI=1S/C17H17NOS/c1-11(17(18)19)6-7-12-8-9-16-14(10-12)13-4-2-3-5-15(13)20-16/h2-5,8-11H,6-7H2,1H3,(H2,18,19).